The quantitative estimate of drug-likeness (QED) is 0.779. The van der Waals surface area contributed by atoms with Crippen molar-refractivity contribution in [2.45, 2.75) is 6.92 Å². The summed E-state index contributed by atoms with van der Waals surface area (Å²) in [5.74, 6) is -1.77. The van der Waals surface area contributed by atoms with E-state index in [-0.39, 0.29) is 5.69 Å². The first kappa shape index (κ1) is 11.4. The molecule has 2 nitrogen and oxygen atoms in total. The standard InChI is InChI=1S/C13H12F2N2/c1-8-5-9(16)7-10(6-8)17-12-4-2-3-11(14)13(12)15/h2-7,17H,16H2,1H3. The van der Waals surface area contributed by atoms with E-state index in [2.05, 4.69) is 5.32 Å². The average Bonchev–Trinajstić information content (AvgIpc) is 2.23. The van der Waals surface area contributed by atoms with Crippen LogP contribution in [-0.2, 0) is 0 Å². The van der Waals surface area contributed by atoms with Gasteiger partial charge in [-0.15, -0.1) is 0 Å². The van der Waals surface area contributed by atoms with E-state index in [1.165, 1.54) is 12.1 Å². The highest BCUT2D eigenvalue weighted by Crippen LogP contribution is 2.24. The van der Waals surface area contributed by atoms with Crippen molar-refractivity contribution in [2.24, 2.45) is 0 Å². The minimum absolute atomic E-state index is 0.0926. The molecule has 0 aliphatic carbocycles. The fourth-order valence-electron chi connectivity index (χ4n) is 1.64. The van der Waals surface area contributed by atoms with Crippen LogP contribution < -0.4 is 11.1 Å². The molecule has 0 bridgehead atoms. The predicted molar refractivity (Wildman–Crippen MR) is 65.2 cm³/mol. The molecule has 0 aliphatic rings. The zero-order valence-electron chi connectivity index (χ0n) is 9.30. The summed E-state index contributed by atoms with van der Waals surface area (Å²) in [6, 6.07) is 9.26. The molecule has 0 saturated heterocycles. The molecule has 0 aliphatic heterocycles. The van der Waals surface area contributed by atoms with Crippen LogP contribution in [0.2, 0.25) is 0 Å². The number of nitrogens with two attached hydrogens (primary N) is 1. The third-order valence-electron chi connectivity index (χ3n) is 2.33. The maximum Gasteiger partial charge on any atom is 0.182 e. The summed E-state index contributed by atoms with van der Waals surface area (Å²) >= 11 is 0. The SMILES string of the molecule is Cc1cc(N)cc(Nc2cccc(F)c2F)c1. The lowest BCUT2D eigenvalue weighted by molar-refractivity contribution is 0.512. The van der Waals surface area contributed by atoms with Gasteiger partial charge in [-0.3, -0.25) is 0 Å². The number of hydrogen-bond donors (Lipinski definition) is 2. The van der Waals surface area contributed by atoms with Gasteiger partial charge in [0.2, 0.25) is 0 Å². The van der Waals surface area contributed by atoms with Crippen LogP contribution in [0.25, 0.3) is 0 Å². The molecule has 0 radical (unpaired) electrons. The minimum atomic E-state index is -0.896. The normalized spacial score (nSPS) is 10.3. The highest BCUT2D eigenvalue weighted by molar-refractivity contribution is 5.65. The van der Waals surface area contributed by atoms with Crippen LogP contribution >= 0.6 is 0 Å². The van der Waals surface area contributed by atoms with Crippen molar-refractivity contribution in [1.29, 1.82) is 0 Å². The van der Waals surface area contributed by atoms with E-state index < -0.39 is 11.6 Å². The molecule has 2 rings (SSSR count). The number of rotatable bonds is 2. The first-order valence-corrected chi connectivity index (χ1v) is 5.14. The Bertz CT molecular complexity index is 533. The van der Waals surface area contributed by atoms with E-state index in [1.807, 2.05) is 6.92 Å². The molecule has 0 atom stereocenters. The lowest BCUT2D eigenvalue weighted by Gasteiger charge is -2.09. The van der Waals surface area contributed by atoms with Crippen LogP contribution in [0.1, 0.15) is 5.56 Å². The number of anilines is 3. The first-order chi connectivity index (χ1) is 8.06. The van der Waals surface area contributed by atoms with Gasteiger partial charge in [0.1, 0.15) is 0 Å². The summed E-state index contributed by atoms with van der Waals surface area (Å²) in [5, 5.41) is 2.80. The summed E-state index contributed by atoms with van der Waals surface area (Å²) in [6.07, 6.45) is 0. The third kappa shape index (κ3) is 2.53. The highest BCUT2D eigenvalue weighted by atomic mass is 19.2. The van der Waals surface area contributed by atoms with Gasteiger partial charge in [-0.25, -0.2) is 8.78 Å². The van der Waals surface area contributed by atoms with Crippen molar-refractivity contribution in [1.82, 2.24) is 0 Å². The zero-order valence-corrected chi connectivity index (χ0v) is 9.30. The molecule has 2 aromatic rings. The number of halogens is 2. The molecule has 17 heavy (non-hydrogen) atoms. The first-order valence-electron chi connectivity index (χ1n) is 5.14. The Morgan fingerprint density at radius 3 is 2.59 bits per heavy atom. The second-order valence-corrected chi connectivity index (χ2v) is 3.86. The molecule has 4 heteroatoms. The molecular formula is C13H12F2N2. The molecule has 2 aromatic carbocycles. The topological polar surface area (TPSA) is 38.0 Å². The maximum atomic E-state index is 13.4. The third-order valence-corrected chi connectivity index (χ3v) is 2.33. The Labute approximate surface area is 98.1 Å². The molecule has 0 saturated carbocycles. The fraction of sp³-hybridized carbons (Fsp3) is 0.0769. The maximum absolute atomic E-state index is 13.4. The van der Waals surface area contributed by atoms with Crippen LogP contribution in [0.3, 0.4) is 0 Å². The number of aryl methyl sites for hydroxylation is 1. The minimum Gasteiger partial charge on any atom is -0.399 e. The van der Waals surface area contributed by atoms with Crippen molar-refractivity contribution in [3.05, 3.63) is 53.6 Å². The molecular weight excluding hydrogens is 222 g/mol. The van der Waals surface area contributed by atoms with E-state index in [4.69, 9.17) is 5.73 Å². The van der Waals surface area contributed by atoms with Gasteiger partial charge in [-0.05, 0) is 42.8 Å². The smallest absolute Gasteiger partial charge is 0.182 e. The molecule has 0 spiro atoms. The molecule has 0 amide bonds. The fourth-order valence-corrected chi connectivity index (χ4v) is 1.64. The van der Waals surface area contributed by atoms with Crippen LogP contribution in [0.4, 0.5) is 25.8 Å². The van der Waals surface area contributed by atoms with Crippen molar-refractivity contribution in [2.75, 3.05) is 11.1 Å². The van der Waals surface area contributed by atoms with Crippen LogP contribution in [0.5, 0.6) is 0 Å². The Hall–Kier alpha value is -2.10. The highest BCUT2D eigenvalue weighted by Gasteiger charge is 2.07. The summed E-state index contributed by atoms with van der Waals surface area (Å²) in [4.78, 5) is 0. The Morgan fingerprint density at radius 2 is 1.88 bits per heavy atom. The second-order valence-electron chi connectivity index (χ2n) is 3.86. The van der Waals surface area contributed by atoms with Crippen LogP contribution in [-0.4, -0.2) is 0 Å². The number of nitrogens with one attached hydrogen (secondary N) is 1. The van der Waals surface area contributed by atoms with E-state index in [9.17, 15) is 8.78 Å². The summed E-state index contributed by atoms with van der Waals surface area (Å²) in [7, 11) is 0. The molecule has 0 fully saturated rings. The van der Waals surface area contributed by atoms with Gasteiger partial charge in [0, 0.05) is 11.4 Å². The van der Waals surface area contributed by atoms with Gasteiger partial charge in [0.15, 0.2) is 11.6 Å². The molecule has 0 heterocycles. The number of hydrogen-bond acceptors (Lipinski definition) is 2. The molecule has 3 N–H and O–H groups in total. The van der Waals surface area contributed by atoms with Crippen molar-refractivity contribution >= 4 is 17.1 Å². The van der Waals surface area contributed by atoms with Gasteiger partial charge in [-0.1, -0.05) is 6.07 Å². The number of benzene rings is 2. The monoisotopic (exact) mass is 234 g/mol. The average molecular weight is 234 g/mol. The van der Waals surface area contributed by atoms with Crippen LogP contribution in [0, 0.1) is 18.6 Å². The molecule has 0 unspecified atom stereocenters. The van der Waals surface area contributed by atoms with Gasteiger partial charge >= 0.3 is 0 Å². The largest absolute Gasteiger partial charge is 0.399 e. The van der Waals surface area contributed by atoms with E-state index >= 15 is 0 Å². The van der Waals surface area contributed by atoms with Crippen molar-refractivity contribution in [3.63, 3.8) is 0 Å². The Kier molecular flexibility index (Phi) is 2.95. The van der Waals surface area contributed by atoms with Crippen LogP contribution in [0.15, 0.2) is 36.4 Å². The zero-order chi connectivity index (χ0) is 12.4. The lowest BCUT2D eigenvalue weighted by atomic mass is 10.2. The lowest BCUT2D eigenvalue weighted by Crippen LogP contribution is -1.97. The van der Waals surface area contributed by atoms with E-state index in [0.717, 1.165) is 11.6 Å². The second kappa shape index (κ2) is 4.41. The summed E-state index contributed by atoms with van der Waals surface area (Å²) in [5.41, 5.74) is 7.92. The van der Waals surface area contributed by atoms with E-state index in [1.54, 1.807) is 18.2 Å². The van der Waals surface area contributed by atoms with Gasteiger partial charge < -0.3 is 11.1 Å². The molecule has 0 aromatic heterocycles. The number of nitrogen functional groups attached to an aromatic ring is 1. The Balaban J connectivity index is 2.34. The van der Waals surface area contributed by atoms with Crippen molar-refractivity contribution in [3.8, 4) is 0 Å². The predicted octanol–water partition coefficient (Wildman–Crippen LogP) is 3.60. The Morgan fingerprint density at radius 1 is 1.12 bits per heavy atom. The van der Waals surface area contributed by atoms with Gasteiger partial charge in [0.05, 0.1) is 5.69 Å². The summed E-state index contributed by atoms with van der Waals surface area (Å²) < 4.78 is 26.4. The van der Waals surface area contributed by atoms with Crippen molar-refractivity contribution < 1.29 is 8.78 Å². The molecule has 88 valence electrons. The van der Waals surface area contributed by atoms with Gasteiger partial charge in [-0.2, -0.15) is 0 Å². The van der Waals surface area contributed by atoms with Gasteiger partial charge in [0.25, 0.3) is 0 Å². The van der Waals surface area contributed by atoms with E-state index in [0.29, 0.717) is 11.4 Å². The summed E-state index contributed by atoms with van der Waals surface area (Å²) in [6.45, 7) is 1.88.